The van der Waals surface area contributed by atoms with Crippen molar-refractivity contribution in [1.29, 1.82) is 0 Å². The average Bonchev–Trinajstić information content (AvgIpc) is 2.49. The number of aliphatic imine (C=N–C) groups is 1. The minimum absolute atomic E-state index is 0.591. The Kier molecular flexibility index (Phi) is 3.94. The molecule has 1 aliphatic rings. The molecule has 0 fully saturated rings. The molecule has 2 aromatic rings. The second-order valence-electron chi connectivity index (χ2n) is 5.71. The summed E-state index contributed by atoms with van der Waals surface area (Å²) in [6.07, 6.45) is 0. The average molecular weight is 298 g/mol. The highest BCUT2D eigenvalue weighted by atomic mass is 15.4. The Balaban J connectivity index is 1.91. The van der Waals surface area contributed by atoms with Crippen molar-refractivity contribution in [2.45, 2.75) is 27.7 Å². The van der Waals surface area contributed by atoms with E-state index >= 15 is 0 Å². The first-order valence-electron chi connectivity index (χ1n) is 7.60. The minimum atomic E-state index is 0.591. The van der Waals surface area contributed by atoms with E-state index in [-0.39, 0.29) is 0 Å². The van der Waals surface area contributed by atoms with Crippen molar-refractivity contribution in [2.75, 3.05) is 25.2 Å². The minimum Gasteiger partial charge on any atom is -0.343 e. The number of benzene rings is 1. The third-order valence-corrected chi connectivity index (χ3v) is 3.90. The maximum Gasteiger partial charge on any atom is 0.230 e. The molecular formula is C16H22N6. The van der Waals surface area contributed by atoms with Crippen LogP contribution in [0.3, 0.4) is 0 Å². The molecule has 0 radical (unpaired) electrons. The molecule has 1 aliphatic heterocycles. The Hall–Kier alpha value is -2.21. The van der Waals surface area contributed by atoms with Crippen LogP contribution in [0.15, 0.2) is 17.1 Å². The van der Waals surface area contributed by atoms with E-state index in [4.69, 9.17) is 0 Å². The quantitative estimate of drug-likeness (QED) is 0.889. The molecule has 1 aromatic heterocycles. The number of aryl methyl sites for hydroxylation is 3. The normalized spacial score (nSPS) is 15.5. The first-order chi connectivity index (χ1) is 10.6. The topological polar surface area (TPSA) is 65.4 Å². The molecule has 116 valence electrons. The molecule has 0 saturated heterocycles. The molecular weight excluding hydrogens is 276 g/mol. The zero-order valence-corrected chi connectivity index (χ0v) is 13.6. The summed E-state index contributed by atoms with van der Waals surface area (Å²) in [5, 5.41) is 7.54. The van der Waals surface area contributed by atoms with E-state index in [1.807, 2.05) is 6.92 Å². The van der Waals surface area contributed by atoms with E-state index in [2.05, 4.69) is 63.4 Å². The highest BCUT2D eigenvalue weighted by Crippen LogP contribution is 2.22. The first kappa shape index (κ1) is 14.7. The molecule has 0 amide bonds. The van der Waals surface area contributed by atoms with Crippen LogP contribution in [0.25, 0.3) is 10.9 Å². The monoisotopic (exact) mass is 298 g/mol. The van der Waals surface area contributed by atoms with Crippen LogP contribution < -0.4 is 10.6 Å². The van der Waals surface area contributed by atoms with Gasteiger partial charge in [-0.1, -0.05) is 18.6 Å². The molecule has 2 N–H and O–H groups in total. The van der Waals surface area contributed by atoms with Gasteiger partial charge in [0.15, 0.2) is 0 Å². The number of hydrogen-bond donors (Lipinski definition) is 2. The van der Waals surface area contributed by atoms with Crippen molar-refractivity contribution in [3.8, 4) is 0 Å². The predicted octanol–water partition coefficient (Wildman–Crippen LogP) is 2.16. The van der Waals surface area contributed by atoms with Crippen molar-refractivity contribution in [2.24, 2.45) is 4.99 Å². The largest absolute Gasteiger partial charge is 0.343 e. The Labute approximate surface area is 130 Å². The second-order valence-corrected chi connectivity index (χ2v) is 5.71. The molecule has 0 atom stereocenters. The molecule has 0 unspecified atom stereocenters. The molecule has 1 aromatic carbocycles. The van der Waals surface area contributed by atoms with Gasteiger partial charge in [0.2, 0.25) is 11.9 Å². The van der Waals surface area contributed by atoms with Gasteiger partial charge in [-0.25, -0.2) is 15.0 Å². The Bertz CT molecular complexity index is 737. The van der Waals surface area contributed by atoms with E-state index in [0.717, 1.165) is 35.8 Å². The van der Waals surface area contributed by atoms with Crippen molar-refractivity contribution in [3.05, 3.63) is 29.0 Å². The van der Waals surface area contributed by atoms with Gasteiger partial charge in [-0.2, -0.15) is 0 Å². The number of aromatic nitrogens is 2. The second kappa shape index (κ2) is 5.88. The highest BCUT2D eigenvalue weighted by molar-refractivity contribution is 5.94. The lowest BCUT2D eigenvalue weighted by Gasteiger charge is -2.25. The van der Waals surface area contributed by atoms with Crippen molar-refractivity contribution in [1.82, 2.24) is 20.2 Å². The summed E-state index contributed by atoms with van der Waals surface area (Å²) < 4.78 is 0. The maximum absolute atomic E-state index is 4.65. The van der Waals surface area contributed by atoms with E-state index in [1.165, 1.54) is 11.1 Å². The molecule has 3 rings (SSSR count). The van der Waals surface area contributed by atoms with Crippen LogP contribution in [0.2, 0.25) is 0 Å². The molecule has 0 spiro atoms. The van der Waals surface area contributed by atoms with Crippen molar-refractivity contribution in [3.63, 3.8) is 0 Å². The van der Waals surface area contributed by atoms with E-state index in [9.17, 15) is 0 Å². The van der Waals surface area contributed by atoms with Crippen LogP contribution in [-0.2, 0) is 0 Å². The third kappa shape index (κ3) is 2.87. The molecule has 0 bridgehead atoms. The maximum atomic E-state index is 4.65. The van der Waals surface area contributed by atoms with Gasteiger partial charge in [0.25, 0.3) is 0 Å². The molecule has 22 heavy (non-hydrogen) atoms. The molecule has 6 heteroatoms. The summed E-state index contributed by atoms with van der Waals surface area (Å²) in [5.41, 5.74) is 4.37. The summed E-state index contributed by atoms with van der Waals surface area (Å²) in [6.45, 7) is 10.8. The molecule has 6 nitrogen and oxygen atoms in total. The standard InChI is InChI=1S/C16H22N6/c1-5-22-8-17-15(18-9-22)21-16-19-12(4)13-7-10(2)6-11(3)14(13)20-16/h6-7H,5,8-9H2,1-4H3,(H2,17,18,19,20,21). The molecule has 0 saturated carbocycles. The van der Waals surface area contributed by atoms with Gasteiger partial charge in [0, 0.05) is 5.39 Å². The van der Waals surface area contributed by atoms with Crippen LogP contribution in [-0.4, -0.2) is 40.7 Å². The summed E-state index contributed by atoms with van der Waals surface area (Å²) >= 11 is 0. The van der Waals surface area contributed by atoms with Gasteiger partial charge in [0.1, 0.15) is 0 Å². The summed E-state index contributed by atoms with van der Waals surface area (Å²) in [7, 11) is 0. The third-order valence-electron chi connectivity index (χ3n) is 3.90. The summed E-state index contributed by atoms with van der Waals surface area (Å²) in [5.74, 6) is 1.32. The lowest BCUT2D eigenvalue weighted by atomic mass is 10.1. The Morgan fingerprint density at radius 1 is 1.23 bits per heavy atom. The van der Waals surface area contributed by atoms with E-state index in [0.29, 0.717) is 12.6 Å². The zero-order valence-electron chi connectivity index (χ0n) is 13.6. The van der Waals surface area contributed by atoms with Crippen LogP contribution >= 0.6 is 0 Å². The van der Waals surface area contributed by atoms with Crippen molar-refractivity contribution < 1.29 is 0 Å². The summed E-state index contributed by atoms with van der Waals surface area (Å²) in [6, 6.07) is 4.28. The number of fused-ring (bicyclic) bond motifs is 1. The lowest BCUT2D eigenvalue weighted by Crippen LogP contribution is -2.45. The fraction of sp³-hybridized carbons (Fsp3) is 0.438. The van der Waals surface area contributed by atoms with E-state index in [1.54, 1.807) is 0 Å². The number of anilines is 1. The highest BCUT2D eigenvalue weighted by Gasteiger charge is 2.13. The van der Waals surface area contributed by atoms with Crippen molar-refractivity contribution >= 4 is 22.8 Å². The van der Waals surface area contributed by atoms with E-state index < -0.39 is 0 Å². The van der Waals surface area contributed by atoms with Gasteiger partial charge in [0.05, 0.1) is 24.5 Å². The van der Waals surface area contributed by atoms with Gasteiger partial charge >= 0.3 is 0 Å². The number of hydrogen-bond acceptors (Lipinski definition) is 6. The van der Waals surface area contributed by atoms with Gasteiger partial charge in [-0.15, -0.1) is 0 Å². The molecule has 2 heterocycles. The number of guanidine groups is 1. The Morgan fingerprint density at radius 3 is 2.73 bits per heavy atom. The summed E-state index contributed by atoms with van der Waals surface area (Å²) in [4.78, 5) is 15.9. The van der Waals surface area contributed by atoms with Gasteiger partial charge < -0.3 is 5.32 Å². The van der Waals surface area contributed by atoms with Crippen LogP contribution in [0.5, 0.6) is 0 Å². The van der Waals surface area contributed by atoms with Gasteiger partial charge in [-0.05, 0) is 38.9 Å². The Morgan fingerprint density at radius 2 is 2.05 bits per heavy atom. The van der Waals surface area contributed by atoms with Gasteiger partial charge in [-0.3, -0.25) is 10.2 Å². The number of nitrogens with zero attached hydrogens (tertiary/aromatic N) is 4. The fourth-order valence-electron chi connectivity index (χ4n) is 2.65. The van der Waals surface area contributed by atoms with Crippen LogP contribution in [0.4, 0.5) is 5.95 Å². The van der Waals surface area contributed by atoms with Crippen LogP contribution in [0, 0.1) is 20.8 Å². The fourth-order valence-corrected chi connectivity index (χ4v) is 2.65. The first-order valence-corrected chi connectivity index (χ1v) is 7.60. The van der Waals surface area contributed by atoms with Crippen LogP contribution in [0.1, 0.15) is 23.7 Å². The number of nitrogens with one attached hydrogen (secondary N) is 2. The number of rotatable bonds is 2. The predicted molar refractivity (Wildman–Crippen MR) is 90.1 cm³/mol. The molecule has 0 aliphatic carbocycles. The lowest BCUT2D eigenvalue weighted by molar-refractivity contribution is 0.279. The smallest absolute Gasteiger partial charge is 0.230 e. The zero-order chi connectivity index (χ0) is 15.7. The SMILES string of the molecule is CCN1CN=C(Nc2nc(C)c3cc(C)cc(C)c3n2)NC1.